The van der Waals surface area contributed by atoms with Crippen LogP contribution >= 0.6 is 0 Å². The van der Waals surface area contributed by atoms with E-state index in [1.54, 1.807) is 12.1 Å². The molecule has 0 spiro atoms. The molecule has 1 aliphatic carbocycles. The molecule has 0 saturated heterocycles. The van der Waals surface area contributed by atoms with Gasteiger partial charge in [0.15, 0.2) is 5.78 Å². The maximum Gasteiger partial charge on any atom is 0.269 e. The average molecular weight is 338 g/mol. The van der Waals surface area contributed by atoms with Crippen LogP contribution in [0.2, 0.25) is 0 Å². The van der Waals surface area contributed by atoms with Gasteiger partial charge in [-0.1, -0.05) is 30.3 Å². The van der Waals surface area contributed by atoms with Crippen LogP contribution in [0.3, 0.4) is 0 Å². The number of carbonyl (C=O) groups excluding carboxylic acids is 1. The van der Waals surface area contributed by atoms with Crippen molar-refractivity contribution in [2.45, 2.75) is 17.7 Å². The van der Waals surface area contributed by atoms with E-state index in [0.29, 0.717) is 29.8 Å². The third-order valence-electron chi connectivity index (χ3n) is 4.19. The van der Waals surface area contributed by atoms with Crippen LogP contribution in [0.15, 0.2) is 65.8 Å². The van der Waals surface area contributed by atoms with Crippen molar-refractivity contribution in [1.29, 1.82) is 0 Å². The third-order valence-corrected chi connectivity index (χ3v) is 5.92. The largest absolute Gasteiger partial charge is 0.294 e. The molecule has 5 nitrogen and oxygen atoms in total. The van der Waals surface area contributed by atoms with Crippen molar-refractivity contribution < 1.29 is 13.2 Å². The number of nitrogens with zero attached hydrogens (tertiary/aromatic N) is 2. The number of pyridine rings is 1. The van der Waals surface area contributed by atoms with E-state index in [0.717, 1.165) is 5.56 Å². The van der Waals surface area contributed by atoms with E-state index in [4.69, 9.17) is 0 Å². The van der Waals surface area contributed by atoms with E-state index in [1.807, 2.05) is 30.3 Å². The van der Waals surface area contributed by atoms with E-state index in [2.05, 4.69) is 4.98 Å². The molecule has 2 aromatic heterocycles. The summed E-state index contributed by atoms with van der Waals surface area (Å²) in [4.78, 5) is 16.1. The number of rotatable bonds is 3. The number of fused-ring (bicyclic) bond motifs is 1. The molecule has 0 atom stereocenters. The molecule has 0 fully saturated rings. The second-order valence-electron chi connectivity index (χ2n) is 5.64. The number of hydrogen-bond acceptors (Lipinski definition) is 4. The Morgan fingerprint density at radius 2 is 1.79 bits per heavy atom. The fourth-order valence-corrected chi connectivity index (χ4v) is 4.62. The molecular weight excluding hydrogens is 324 g/mol. The minimum atomic E-state index is -3.82. The SMILES string of the molecule is O=C1CCc2c1cc(-c1ccccc1)n2S(=O)(=O)c1cccnc1. The summed E-state index contributed by atoms with van der Waals surface area (Å²) in [6, 6.07) is 14.0. The topological polar surface area (TPSA) is 69.0 Å². The smallest absolute Gasteiger partial charge is 0.269 e. The molecule has 3 aromatic rings. The highest BCUT2D eigenvalue weighted by Crippen LogP contribution is 2.34. The monoisotopic (exact) mass is 338 g/mol. The van der Waals surface area contributed by atoms with Gasteiger partial charge >= 0.3 is 0 Å². The normalized spacial score (nSPS) is 13.9. The fraction of sp³-hybridized carbons (Fsp3) is 0.111. The molecule has 2 heterocycles. The van der Waals surface area contributed by atoms with Crippen LogP contribution < -0.4 is 0 Å². The molecular formula is C18H14N2O3S. The molecule has 0 unspecified atom stereocenters. The van der Waals surface area contributed by atoms with Crippen molar-refractivity contribution in [2.24, 2.45) is 0 Å². The minimum absolute atomic E-state index is 0.0117. The van der Waals surface area contributed by atoms with E-state index in [9.17, 15) is 13.2 Å². The maximum absolute atomic E-state index is 13.2. The summed E-state index contributed by atoms with van der Waals surface area (Å²) in [5, 5.41) is 0. The zero-order chi connectivity index (χ0) is 16.7. The van der Waals surface area contributed by atoms with E-state index in [-0.39, 0.29) is 10.7 Å². The zero-order valence-corrected chi connectivity index (χ0v) is 13.5. The van der Waals surface area contributed by atoms with Gasteiger partial charge in [0.25, 0.3) is 10.0 Å². The van der Waals surface area contributed by atoms with Crippen LogP contribution in [-0.2, 0) is 16.4 Å². The summed E-state index contributed by atoms with van der Waals surface area (Å²) < 4.78 is 27.6. The predicted molar refractivity (Wildman–Crippen MR) is 89.3 cm³/mol. The second-order valence-corrected chi connectivity index (χ2v) is 7.42. The highest BCUT2D eigenvalue weighted by molar-refractivity contribution is 7.90. The molecule has 0 N–H and O–H groups in total. The Labute approximate surface area is 139 Å². The molecule has 0 aliphatic heterocycles. The summed E-state index contributed by atoms with van der Waals surface area (Å²) in [6.45, 7) is 0. The number of benzene rings is 1. The maximum atomic E-state index is 13.2. The van der Waals surface area contributed by atoms with Gasteiger partial charge in [-0.25, -0.2) is 12.4 Å². The number of Topliss-reactive ketones (excluding diaryl/α,β-unsaturated/α-hetero) is 1. The molecule has 4 rings (SSSR count). The lowest BCUT2D eigenvalue weighted by Crippen LogP contribution is -2.16. The van der Waals surface area contributed by atoms with Gasteiger partial charge in [0.05, 0.1) is 5.69 Å². The molecule has 1 aromatic carbocycles. The summed E-state index contributed by atoms with van der Waals surface area (Å²) in [7, 11) is -3.82. The van der Waals surface area contributed by atoms with Gasteiger partial charge in [-0.2, -0.15) is 0 Å². The Bertz CT molecular complexity index is 1020. The first-order valence-corrected chi connectivity index (χ1v) is 9.02. The predicted octanol–water partition coefficient (Wildman–Crippen LogP) is 2.92. The number of hydrogen-bond donors (Lipinski definition) is 0. The lowest BCUT2D eigenvalue weighted by Gasteiger charge is -2.13. The highest BCUT2D eigenvalue weighted by Gasteiger charge is 2.32. The standard InChI is InChI=1S/C18H14N2O3S/c21-18-9-8-16-15(18)11-17(13-5-2-1-3-6-13)20(16)24(22,23)14-7-4-10-19-12-14/h1-7,10-12H,8-9H2. The minimum Gasteiger partial charge on any atom is -0.294 e. The average Bonchev–Trinajstić information content (AvgIpc) is 3.17. The van der Waals surface area contributed by atoms with Crippen molar-refractivity contribution in [3.05, 3.63) is 72.2 Å². The zero-order valence-electron chi connectivity index (χ0n) is 12.7. The van der Waals surface area contributed by atoms with E-state index < -0.39 is 10.0 Å². The lowest BCUT2D eigenvalue weighted by atomic mass is 10.1. The molecule has 0 saturated carbocycles. The lowest BCUT2D eigenvalue weighted by molar-refractivity contribution is 0.0994. The molecule has 1 aliphatic rings. The van der Waals surface area contributed by atoms with Crippen molar-refractivity contribution >= 4 is 15.8 Å². The van der Waals surface area contributed by atoms with Crippen LogP contribution in [0.5, 0.6) is 0 Å². The van der Waals surface area contributed by atoms with Gasteiger partial charge in [-0.3, -0.25) is 9.78 Å². The Hall–Kier alpha value is -2.73. The van der Waals surface area contributed by atoms with E-state index in [1.165, 1.54) is 22.4 Å². The van der Waals surface area contributed by atoms with Crippen LogP contribution in [0.4, 0.5) is 0 Å². The van der Waals surface area contributed by atoms with Gasteiger partial charge in [-0.05, 0) is 30.2 Å². The van der Waals surface area contributed by atoms with Gasteiger partial charge in [0, 0.05) is 30.1 Å². The van der Waals surface area contributed by atoms with Gasteiger partial charge in [0.1, 0.15) is 4.90 Å². The molecule has 24 heavy (non-hydrogen) atoms. The van der Waals surface area contributed by atoms with Crippen LogP contribution in [-0.4, -0.2) is 23.2 Å². The first-order chi connectivity index (χ1) is 11.6. The quantitative estimate of drug-likeness (QED) is 0.736. The van der Waals surface area contributed by atoms with Crippen molar-refractivity contribution in [2.75, 3.05) is 0 Å². The van der Waals surface area contributed by atoms with Crippen molar-refractivity contribution in [3.63, 3.8) is 0 Å². The summed E-state index contributed by atoms with van der Waals surface area (Å²) in [5.41, 5.74) is 2.33. The first kappa shape index (κ1) is 14.8. The molecule has 0 amide bonds. The molecule has 0 bridgehead atoms. The van der Waals surface area contributed by atoms with Crippen molar-refractivity contribution in [1.82, 2.24) is 8.96 Å². The molecule has 6 heteroatoms. The van der Waals surface area contributed by atoms with Gasteiger partial charge in [0.2, 0.25) is 0 Å². The Balaban J connectivity index is 2.02. The summed E-state index contributed by atoms with van der Waals surface area (Å²) in [6.07, 6.45) is 3.64. The number of ketones is 1. The fourth-order valence-electron chi connectivity index (χ4n) is 3.07. The molecule has 120 valence electrons. The van der Waals surface area contributed by atoms with Gasteiger partial charge in [-0.15, -0.1) is 0 Å². The Morgan fingerprint density at radius 1 is 1.00 bits per heavy atom. The Kier molecular flexibility index (Phi) is 3.35. The highest BCUT2D eigenvalue weighted by atomic mass is 32.2. The third kappa shape index (κ3) is 2.18. The second kappa shape index (κ2) is 5.42. The van der Waals surface area contributed by atoms with E-state index >= 15 is 0 Å². The van der Waals surface area contributed by atoms with Gasteiger partial charge < -0.3 is 0 Å². The first-order valence-electron chi connectivity index (χ1n) is 7.58. The number of aromatic nitrogens is 2. The van der Waals surface area contributed by atoms with Crippen molar-refractivity contribution in [3.8, 4) is 11.3 Å². The van der Waals surface area contributed by atoms with Crippen LogP contribution in [0.25, 0.3) is 11.3 Å². The summed E-state index contributed by atoms with van der Waals surface area (Å²) >= 11 is 0. The Morgan fingerprint density at radius 3 is 2.50 bits per heavy atom. The van der Waals surface area contributed by atoms with Crippen LogP contribution in [0, 0.1) is 0 Å². The van der Waals surface area contributed by atoms with Crippen LogP contribution in [0.1, 0.15) is 22.5 Å². The molecule has 0 radical (unpaired) electrons. The number of carbonyl (C=O) groups is 1. The summed E-state index contributed by atoms with van der Waals surface area (Å²) in [5.74, 6) is -0.0117.